The lowest BCUT2D eigenvalue weighted by atomic mass is 10.2. The van der Waals surface area contributed by atoms with Gasteiger partial charge in [-0.1, -0.05) is 0 Å². The van der Waals surface area contributed by atoms with Gasteiger partial charge in [-0.25, -0.2) is 14.2 Å². The third kappa shape index (κ3) is 3.50. The Balaban J connectivity index is 2.37. The summed E-state index contributed by atoms with van der Waals surface area (Å²) in [5.41, 5.74) is -0.0275. The van der Waals surface area contributed by atoms with E-state index in [1.54, 1.807) is 23.9 Å². The van der Waals surface area contributed by atoms with Gasteiger partial charge in [0.2, 0.25) is 0 Å². The molecule has 0 aliphatic carbocycles. The van der Waals surface area contributed by atoms with E-state index in [0.717, 1.165) is 6.26 Å². The van der Waals surface area contributed by atoms with Crippen molar-refractivity contribution >= 4 is 36.3 Å². The van der Waals surface area contributed by atoms with Gasteiger partial charge in [0, 0.05) is 25.3 Å². The number of alkyl halides is 3. The standard InChI is InChI=1S/C16H16BrF3N4O2S/c1-4-27(3,25,26)12-5-9(16(18,19)20)7-22-14(12)15-23-10-6-13(17)21-8-11(10)24(15)2/h5-8H,4H2,1-3H3,(H,25,26). The van der Waals surface area contributed by atoms with Gasteiger partial charge in [-0.3, -0.25) is 9.54 Å². The largest absolute Gasteiger partial charge is 0.417 e. The summed E-state index contributed by atoms with van der Waals surface area (Å²) in [5, 5.41) is 0. The average Bonchev–Trinajstić information content (AvgIpc) is 2.89. The lowest BCUT2D eigenvalue weighted by Gasteiger charge is -2.38. The normalized spacial score (nSPS) is 14.3. The van der Waals surface area contributed by atoms with E-state index in [1.807, 2.05) is 0 Å². The van der Waals surface area contributed by atoms with Crippen molar-refractivity contribution in [2.24, 2.45) is 7.05 Å². The first-order valence-corrected chi connectivity index (χ1v) is 11.0. The molecule has 0 unspecified atom stereocenters. The zero-order chi connectivity index (χ0) is 20.2. The number of fused-ring (bicyclic) bond motifs is 1. The molecule has 0 bridgehead atoms. The minimum atomic E-state index is -4.69. The zero-order valence-electron chi connectivity index (χ0n) is 14.6. The number of halogens is 4. The van der Waals surface area contributed by atoms with E-state index in [4.69, 9.17) is 0 Å². The second-order valence-electron chi connectivity index (χ2n) is 6.33. The minimum absolute atomic E-state index is 0.0679. The van der Waals surface area contributed by atoms with Crippen LogP contribution in [0.3, 0.4) is 0 Å². The maximum atomic E-state index is 13.2. The topological polar surface area (TPSA) is 80.9 Å². The number of hydrogen-bond donors (Lipinski definition) is 1. The molecule has 0 spiro atoms. The molecule has 3 rings (SSSR count). The molecule has 3 aromatic rings. The summed E-state index contributed by atoms with van der Waals surface area (Å²) in [4.78, 5) is 12.0. The van der Waals surface area contributed by atoms with Crippen molar-refractivity contribution in [3.63, 3.8) is 0 Å². The molecule has 3 aromatic heterocycles. The fourth-order valence-corrected chi connectivity index (χ4v) is 4.30. The number of nitrogens with zero attached hydrogens (tertiary/aromatic N) is 4. The first-order chi connectivity index (χ1) is 12.3. The Hall–Kier alpha value is -1.85. The summed E-state index contributed by atoms with van der Waals surface area (Å²) in [7, 11) is -2.93. The quantitative estimate of drug-likeness (QED) is 0.589. The van der Waals surface area contributed by atoms with E-state index in [0.29, 0.717) is 27.9 Å². The Labute approximate surface area is 161 Å². The van der Waals surface area contributed by atoms with Crippen LogP contribution in [0.4, 0.5) is 13.2 Å². The van der Waals surface area contributed by atoms with Crippen LogP contribution < -0.4 is 0 Å². The molecule has 11 heteroatoms. The molecule has 27 heavy (non-hydrogen) atoms. The van der Waals surface area contributed by atoms with Crippen molar-refractivity contribution in [2.75, 3.05) is 12.0 Å². The van der Waals surface area contributed by atoms with Gasteiger partial charge >= 0.3 is 6.18 Å². The molecule has 0 aliphatic rings. The Morgan fingerprint density at radius 3 is 2.52 bits per heavy atom. The van der Waals surface area contributed by atoms with Crippen molar-refractivity contribution in [3.05, 3.63) is 34.7 Å². The van der Waals surface area contributed by atoms with Gasteiger partial charge in [-0.05, 0) is 35.0 Å². The molecule has 146 valence electrons. The predicted molar refractivity (Wildman–Crippen MR) is 99.9 cm³/mol. The molecule has 0 aromatic carbocycles. The number of hydrogen-bond acceptors (Lipinski definition) is 4. The lowest BCUT2D eigenvalue weighted by Crippen LogP contribution is -2.34. The van der Waals surface area contributed by atoms with E-state index in [9.17, 15) is 21.9 Å². The first-order valence-electron chi connectivity index (χ1n) is 7.75. The van der Waals surface area contributed by atoms with Gasteiger partial charge in [-0.15, -0.1) is 0 Å². The van der Waals surface area contributed by atoms with E-state index in [2.05, 4.69) is 30.9 Å². The van der Waals surface area contributed by atoms with Crippen molar-refractivity contribution < 1.29 is 21.9 Å². The van der Waals surface area contributed by atoms with Crippen LogP contribution >= 0.6 is 15.9 Å². The molecule has 3 heterocycles. The predicted octanol–water partition coefficient (Wildman–Crippen LogP) is 4.11. The van der Waals surface area contributed by atoms with Crippen molar-refractivity contribution in [1.82, 2.24) is 19.5 Å². The number of rotatable bonds is 3. The third-order valence-electron chi connectivity index (χ3n) is 4.37. The number of imidazole rings is 1. The molecule has 1 N–H and O–H groups in total. The Kier molecular flexibility index (Phi) is 4.48. The van der Waals surface area contributed by atoms with Gasteiger partial charge in [0.1, 0.15) is 10.3 Å². The average molecular weight is 465 g/mol. The molecule has 0 atom stereocenters. The van der Waals surface area contributed by atoms with Crippen LogP contribution in [0.1, 0.15) is 12.5 Å². The SMILES string of the molecule is CCS(C)(=O)(O)c1cc(C(F)(F)F)cnc1-c1nc2cc(Br)ncc2n1C. The fraction of sp³-hybridized carbons (Fsp3) is 0.312. The first kappa shape index (κ1) is 19.9. The highest BCUT2D eigenvalue weighted by molar-refractivity contribution is 9.10. The molecule has 0 amide bonds. The van der Waals surface area contributed by atoms with Crippen LogP contribution in [0.5, 0.6) is 0 Å². The van der Waals surface area contributed by atoms with Crippen LogP contribution in [0.25, 0.3) is 22.6 Å². The van der Waals surface area contributed by atoms with E-state index < -0.39 is 21.1 Å². The minimum Gasteiger partial charge on any atom is -0.324 e. The number of aryl methyl sites for hydroxylation is 1. The van der Waals surface area contributed by atoms with Gasteiger partial charge in [0.25, 0.3) is 0 Å². The van der Waals surface area contributed by atoms with Gasteiger partial charge < -0.3 is 4.57 Å². The summed E-state index contributed by atoms with van der Waals surface area (Å²) in [6, 6.07) is 2.33. The summed E-state index contributed by atoms with van der Waals surface area (Å²) >= 11 is 3.23. The smallest absolute Gasteiger partial charge is 0.324 e. The monoisotopic (exact) mass is 464 g/mol. The van der Waals surface area contributed by atoms with Crippen molar-refractivity contribution in [2.45, 2.75) is 18.0 Å². The van der Waals surface area contributed by atoms with E-state index in [-0.39, 0.29) is 22.2 Å². The van der Waals surface area contributed by atoms with Crippen molar-refractivity contribution in [3.8, 4) is 11.5 Å². The molecular formula is C16H16BrF3N4O2S. The molecule has 0 radical (unpaired) electrons. The molecule has 0 saturated carbocycles. The van der Waals surface area contributed by atoms with Crippen LogP contribution in [0.15, 0.2) is 34.0 Å². The molecule has 0 saturated heterocycles. The summed E-state index contributed by atoms with van der Waals surface area (Å²) in [6.45, 7) is 1.44. The van der Waals surface area contributed by atoms with Gasteiger partial charge in [0.05, 0.1) is 27.7 Å². The maximum absolute atomic E-state index is 13.2. The zero-order valence-corrected chi connectivity index (χ0v) is 17.0. The molecular weight excluding hydrogens is 449 g/mol. The highest BCUT2D eigenvalue weighted by atomic mass is 79.9. The molecule has 0 fully saturated rings. The number of pyridine rings is 2. The third-order valence-corrected chi connectivity index (χ3v) is 7.60. The second kappa shape index (κ2) is 6.08. The fourth-order valence-electron chi connectivity index (χ4n) is 2.60. The van der Waals surface area contributed by atoms with Crippen LogP contribution in [0, 0.1) is 0 Å². The summed E-state index contributed by atoms with van der Waals surface area (Å²) in [6.07, 6.45) is -1.46. The highest BCUT2D eigenvalue weighted by Crippen LogP contribution is 2.40. The summed E-state index contributed by atoms with van der Waals surface area (Å²) in [5.74, 6) is -0.0821. The van der Waals surface area contributed by atoms with Crippen LogP contribution in [-0.4, -0.2) is 40.3 Å². The second-order valence-corrected chi connectivity index (χ2v) is 11.1. The van der Waals surface area contributed by atoms with E-state index in [1.165, 1.54) is 6.92 Å². The number of aromatic nitrogens is 4. The van der Waals surface area contributed by atoms with Crippen molar-refractivity contribution in [1.29, 1.82) is 0 Å². The van der Waals surface area contributed by atoms with E-state index >= 15 is 0 Å². The Morgan fingerprint density at radius 1 is 1.26 bits per heavy atom. The maximum Gasteiger partial charge on any atom is 0.417 e. The lowest BCUT2D eigenvalue weighted by molar-refractivity contribution is -0.138. The molecule has 6 nitrogen and oxygen atoms in total. The highest BCUT2D eigenvalue weighted by Gasteiger charge is 2.36. The molecule has 0 aliphatic heterocycles. The van der Waals surface area contributed by atoms with Crippen LogP contribution in [-0.2, 0) is 22.6 Å². The van der Waals surface area contributed by atoms with Gasteiger partial charge in [-0.2, -0.15) is 22.5 Å². The van der Waals surface area contributed by atoms with Gasteiger partial charge in [0.15, 0.2) is 5.82 Å². The summed E-state index contributed by atoms with van der Waals surface area (Å²) < 4.78 is 65.4. The van der Waals surface area contributed by atoms with Crippen LogP contribution in [0.2, 0.25) is 0 Å². The Bertz CT molecular complexity index is 1120. The Morgan fingerprint density at radius 2 is 1.93 bits per heavy atom.